The Hall–Kier alpha value is -1.59. The van der Waals surface area contributed by atoms with Crippen LogP contribution in [0.25, 0.3) is 0 Å². The lowest BCUT2D eigenvalue weighted by Gasteiger charge is -2.10. The third-order valence-electron chi connectivity index (χ3n) is 2.13. The van der Waals surface area contributed by atoms with Gasteiger partial charge in [0.25, 0.3) is 0 Å². The average Bonchev–Trinajstić information content (AvgIpc) is 2.32. The number of aliphatic hydroxyl groups excluding tert-OH is 1. The van der Waals surface area contributed by atoms with Crippen molar-refractivity contribution < 1.29 is 9.50 Å². The number of aliphatic imine (C=N–C) groups is 1. The second kappa shape index (κ2) is 6.98. The van der Waals surface area contributed by atoms with Gasteiger partial charge >= 0.3 is 0 Å². The molecule has 1 unspecified atom stereocenters. The van der Waals surface area contributed by atoms with Crippen molar-refractivity contribution in [3.63, 3.8) is 0 Å². The maximum atomic E-state index is 13.1. The highest BCUT2D eigenvalue weighted by Gasteiger charge is 2.09. The minimum absolute atomic E-state index is 0.0236. The third-order valence-corrected chi connectivity index (χ3v) is 2.35. The van der Waals surface area contributed by atoms with Crippen molar-refractivity contribution in [2.75, 3.05) is 13.1 Å². The van der Waals surface area contributed by atoms with Crippen molar-refractivity contribution in [1.82, 2.24) is 5.32 Å². The maximum Gasteiger partial charge on any atom is 0.188 e. The lowest BCUT2D eigenvalue weighted by atomic mass is 10.1. The van der Waals surface area contributed by atoms with Crippen molar-refractivity contribution in [2.45, 2.75) is 6.10 Å². The molecule has 1 rings (SSSR count). The Balaban J connectivity index is 2.64. The van der Waals surface area contributed by atoms with Gasteiger partial charge in [0.2, 0.25) is 0 Å². The molecule has 18 heavy (non-hydrogen) atoms. The smallest absolute Gasteiger partial charge is 0.188 e. The van der Waals surface area contributed by atoms with Crippen LogP contribution in [-0.2, 0) is 0 Å². The second-order valence-corrected chi connectivity index (χ2v) is 4.05. The zero-order chi connectivity index (χ0) is 13.5. The van der Waals surface area contributed by atoms with Gasteiger partial charge in [0, 0.05) is 11.6 Å². The van der Waals surface area contributed by atoms with Crippen LogP contribution in [0.3, 0.4) is 0 Å². The second-order valence-electron chi connectivity index (χ2n) is 3.61. The van der Waals surface area contributed by atoms with Crippen LogP contribution in [0.1, 0.15) is 11.7 Å². The first-order chi connectivity index (χ1) is 8.52. The predicted octanol–water partition coefficient (Wildman–Crippen LogP) is 1.60. The largest absolute Gasteiger partial charge is 0.386 e. The van der Waals surface area contributed by atoms with Gasteiger partial charge in [-0.3, -0.25) is 4.99 Å². The highest BCUT2D eigenvalue weighted by atomic mass is 35.5. The molecule has 4 N–H and O–H groups in total. The Morgan fingerprint density at radius 2 is 2.33 bits per heavy atom. The first-order valence-electron chi connectivity index (χ1n) is 5.31. The van der Waals surface area contributed by atoms with Crippen molar-refractivity contribution >= 4 is 17.6 Å². The molecule has 4 nitrogen and oxygen atoms in total. The van der Waals surface area contributed by atoms with Crippen LogP contribution in [0.2, 0.25) is 5.02 Å². The summed E-state index contributed by atoms with van der Waals surface area (Å²) in [5.74, 6) is -0.310. The van der Waals surface area contributed by atoms with Crippen LogP contribution in [0.4, 0.5) is 4.39 Å². The predicted molar refractivity (Wildman–Crippen MR) is 71.1 cm³/mol. The Bertz CT molecular complexity index is 431. The minimum Gasteiger partial charge on any atom is -0.386 e. The lowest BCUT2D eigenvalue weighted by Crippen LogP contribution is -2.32. The van der Waals surface area contributed by atoms with E-state index < -0.39 is 11.9 Å². The van der Waals surface area contributed by atoms with E-state index in [2.05, 4.69) is 16.9 Å². The maximum absolute atomic E-state index is 13.1. The summed E-state index contributed by atoms with van der Waals surface area (Å²) in [7, 11) is 0. The number of rotatable bonds is 5. The molecule has 0 amide bonds. The topological polar surface area (TPSA) is 70.6 Å². The summed E-state index contributed by atoms with van der Waals surface area (Å²) in [5, 5.41) is 12.8. The summed E-state index contributed by atoms with van der Waals surface area (Å²) in [4.78, 5) is 3.92. The Morgan fingerprint density at radius 3 is 2.94 bits per heavy atom. The van der Waals surface area contributed by atoms with Gasteiger partial charge in [-0.05, 0) is 23.8 Å². The third kappa shape index (κ3) is 4.73. The first kappa shape index (κ1) is 14.5. The van der Waals surface area contributed by atoms with Gasteiger partial charge in [-0.1, -0.05) is 17.7 Å². The van der Waals surface area contributed by atoms with E-state index in [1.807, 2.05) is 0 Å². The molecule has 1 aromatic carbocycles. The van der Waals surface area contributed by atoms with E-state index in [1.54, 1.807) is 6.08 Å². The molecule has 0 saturated carbocycles. The molecule has 98 valence electrons. The molecule has 0 spiro atoms. The van der Waals surface area contributed by atoms with Crippen LogP contribution in [0, 0.1) is 5.82 Å². The molecule has 0 aliphatic rings. The number of nitrogens with two attached hydrogens (primary N) is 1. The van der Waals surface area contributed by atoms with Gasteiger partial charge in [0.05, 0.1) is 12.6 Å². The monoisotopic (exact) mass is 271 g/mol. The fraction of sp³-hybridized carbons (Fsp3) is 0.250. The molecule has 0 aliphatic heterocycles. The summed E-state index contributed by atoms with van der Waals surface area (Å²) in [5.41, 5.74) is 5.89. The number of hydrogen-bond donors (Lipinski definition) is 3. The zero-order valence-electron chi connectivity index (χ0n) is 9.74. The molecule has 0 heterocycles. The normalized spacial score (nSPS) is 13.2. The molecule has 0 fully saturated rings. The molecule has 0 bridgehead atoms. The quantitative estimate of drug-likeness (QED) is 0.433. The van der Waals surface area contributed by atoms with E-state index in [0.717, 1.165) is 0 Å². The molecule has 0 saturated heterocycles. The number of halogens is 2. The first-order valence-corrected chi connectivity index (χ1v) is 5.69. The van der Waals surface area contributed by atoms with Crippen molar-refractivity contribution in [3.8, 4) is 0 Å². The molecule has 6 heteroatoms. The Labute approximate surface area is 110 Å². The summed E-state index contributed by atoms with van der Waals surface area (Å²) >= 11 is 5.69. The van der Waals surface area contributed by atoms with Crippen molar-refractivity contribution in [2.24, 2.45) is 10.7 Å². The van der Waals surface area contributed by atoms with Gasteiger partial charge in [-0.25, -0.2) is 4.39 Å². The lowest BCUT2D eigenvalue weighted by molar-refractivity contribution is 0.186. The Morgan fingerprint density at radius 1 is 1.61 bits per heavy atom. The molecule has 1 atom stereocenters. The summed E-state index contributed by atoms with van der Waals surface area (Å²) in [6, 6.07) is 3.86. The molecule has 0 aliphatic carbocycles. The molecule has 0 aromatic heterocycles. The summed E-state index contributed by atoms with van der Waals surface area (Å²) in [6.45, 7) is 4.02. The number of hydrogen-bond acceptors (Lipinski definition) is 2. The fourth-order valence-corrected chi connectivity index (χ4v) is 1.52. The molecule has 1 aromatic rings. The number of nitrogens with one attached hydrogen (secondary N) is 1. The summed E-state index contributed by atoms with van der Waals surface area (Å²) < 4.78 is 13.1. The van der Waals surface area contributed by atoms with E-state index in [0.29, 0.717) is 12.1 Å². The van der Waals surface area contributed by atoms with Crippen LogP contribution in [-0.4, -0.2) is 24.2 Å². The van der Waals surface area contributed by atoms with Crippen molar-refractivity contribution in [1.29, 1.82) is 0 Å². The zero-order valence-corrected chi connectivity index (χ0v) is 10.5. The van der Waals surface area contributed by atoms with E-state index >= 15 is 0 Å². The van der Waals surface area contributed by atoms with Crippen molar-refractivity contribution in [3.05, 3.63) is 47.3 Å². The fourth-order valence-electron chi connectivity index (χ4n) is 1.29. The average molecular weight is 272 g/mol. The number of aliphatic hydroxyl groups is 1. The van der Waals surface area contributed by atoms with Gasteiger partial charge in [-0.2, -0.15) is 0 Å². The number of benzene rings is 1. The van der Waals surface area contributed by atoms with Gasteiger partial charge < -0.3 is 16.2 Å². The van der Waals surface area contributed by atoms with E-state index in [-0.39, 0.29) is 17.5 Å². The molecular weight excluding hydrogens is 257 g/mol. The minimum atomic E-state index is -0.956. The highest BCUT2D eigenvalue weighted by Crippen LogP contribution is 2.20. The number of nitrogens with zero attached hydrogens (tertiary/aromatic N) is 1. The van der Waals surface area contributed by atoms with E-state index in [1.165, 1.54) is 18.2 Å². The molecule has 0 radical (unpaired) electrons. The van der Waals surface area contributed by atoms with Gasteiger partial charge in [0.1, 0.15) is 5.82 Å². The van der Waals surface area contributed by atoms with E-state index in [4.69, 9.17) is 17.3 Å². The highest BCUT2D eigenvalue weighted by molar-refractivity contribution is 6.30. The van der Waals surface area contributed by atoms with Crippen LogP contribution in [0.15, 0.2) is 35.8 Å². The Kier molecular flexibility index (Phi) is 5.61. The van der Waals surface area contributed by atoms with E-state index in [9.17, 15) is 9.50 Å². The summed E-state index contributed by atoms with van der Waals surface area (Å²) in [6.07, 6.45) is 0.674. The number of guanidine groups is 1. The van der Waals surface area contributed by atoms with Crippen LogP contribution in [0.5, 0.6) is 0 Å². The van der Waals surface area contributed by atoms with Gasteiger partial charge in [-0.15, -0.1) is 6.58 Å². The SMILES string of the molecule is C=CCNC(N)=NCC(O)c1cc(F)cc(Cl)c1. The molecular formula is C12H15ClFN3O. The van der Waals surface area contributed by atoms with Crippen LogP contribution >= 0.6 is 11.6 Å². The van der Waals surface area contributed by atoms with Crippen LogP contribution < -0.4 is 11.1 Å². The van der Waals surface area contributed by atoms with Gasteiger partial charge in [0.15, 0.2) is 5.96 Å². The standard InChI is InChI=1S/C12H15ClFN3O/c1-2-3-16-12(15)17-7-11(18)8-4-9(13)6-10(14)5-8/h2,4-6,11,18H,1,3,7H2,(H3,15,16,17).